The van der Waals surface area contributed by atoms with E-state index in [1.807, 2.05) is 0 Å². The Kier molecular flexibility index (Phi) is 6.37. The van der Waals surface area contributed by atoms with Crippen LogP contribution in [0.2, 0.25) is 0 Å². The molecule has 2 aliphatic heterocycles. The second-order valence-electron chi connectivity index (χ2n) is 13.5. The van der Waals surface area contributed by atoms with E-state index in [-0.39, 0.29) is 34.7 Å². The fourth-order valence-corrected chi connectivity index (χ4v) is 9.81. The molecule has 2 heterocycles. The van der Waals surface area contributed by atoms with E-state index in [9.17, 15) is 25.2 Å². The van der Waals surface area contributed by atoms with Crippen LogP contribution in [0.1, 0.15) is 78.6 Å². The van der Waals surface area contributed by atoms with Crippen molar-refractivity contribution in [3.8, 4) is 0 Å². The van der Waals surface area contributed by atoms with Crippen LogP contribution in [0.3, 0.4) is 0 Å². The summed E-state index contributed by atoms with van der Waals surface area (Å²) in [4.78, 5) is 11.8. The molecular weight excluding hydrogens is 476 g/mol. The highest BCUT2D eigenvalue weighted by molar-refractivity contribution is 5.85. The van der Waals surface area contributed by atoms with E-state index in [1.54, 1.807) is 13.0 Å². The summed E-state index contributed by atoms with van der Waals surface area (Å²) in [6, 6.07) is 0. The topological polar surface area (TPSA) is 126 Å². The van der Waals surface area contributed by atoms with Crippen LogP contribution < -0.4 is 0 Å². The van der Waals surface area contributed by atoms with Gasteiger partial charge in [0.1, 0.15) is 24.9 Å². The van der Waals surface area contributed by atoms with Crippen LogP contribution in [0.5, 0.6) is 0 Å². The third-order valence-corrected chi connectivity index (χ3v) is 12.1. The molecule has 8 heteroatoms. The van der Waals surface area contributed by atoms with Crippen LogP contribution in [0.25, 0.3) is 0 Å². The lowest BCUT2D eigenvalue weighted by Crippen LogP contribution is -2.62. The zero-order chi connectivity index (χ0) is 26.3. The molecule has 4 aliphatic carbocycles. The van der Waals surface area contributed by atoms with Crippen molar-refractivity contribution in [3.05, 3.63) is 11.6 Å². The van der Waals surface area contributed by atoms with Crippen molar-refractivity contribution in [1.29, 1.82) is 0 Å². The molecule has 6 aliphatic rings. The molecule has 0 bridgehead atoms. The number of rotatable bonds is 3. The van der Waals surface area contributed by atoms with Crippen LogP contribution >= 0.6 is 0 Å². The Morgan fingerprint density at radius 2 is 1.73 bits per heavy atom. The van der Waals surface area contributed by atoms with Crippen molar-refractivity contribution >= 4 is 5.97 Å². The first-order chi connectivity index (χ1) is 17.5. The predicted molar refractivity (Wildman–Crippen MR) is 133 cm³/mol. The van der Waals surface area contributed by atoms with Crippen molar-refractivity contribution in [3.63, 3.8) is 0 Å². The van der Waals surface area contributed by atoms with Gasteiger partial charge in [0.2, 0.25) is 0 Å². The number of esters is 1. The Hall–Kier alpha value is -1.03. The molecule has 0 aromatic heterocycles. The Bertz CT molecular complexity index is 952. The fraction of sp³-hybridized carbons (Fsp3) is 0.897. The third kappa shape index (κ3) is 3.80. The van der Waals surface area contributed by atoms with Gasteiger partial charge in [0.15, 0.2) is 6.29 Å². The quantitative estimate of drug-likeness (QED) is 0.330. The minimum Gasteiger partial charge on any atom is -0.458 e. The summed E-state index contributed by atoms with van der Waals surface area (Å²) in [5.41, 5.74) is 0.243. The van der Waals surface area contributed by atoms with Crippen LogP contribution in [0.15, 0.2) is 11.6 Å². The summed E-state index contributed by atoms with van der Waals surface area (Å²) in [7, 11) is 0. The number of aliphatic hydroxyl groups is 4. The number of carbonyl (C=O) groups is 1. The van der Waals surface area contributed by atoms with Crippen molar-refractivity contribution in [2.75, 3.05) is 6.61 Å². The van der Waals surface area contributed by atoms with Gasteiger partial charge in [-0.15, -0.1) is 0 Å². The molecule has 0 amide bonds. The Morgan fingerprint density at radius 3 is 2.46 bits per heavy atom. The van der Waals surface area contributed by atoms with Crippen molar-refractivity contribution in [1.82, 2.24) is 0 Å². The molecule has 5 fully saturated rings. The fourth-order valence-electron chi connectivity index (χ4n) is 9.81. The van der Waals surface area contributed by atoms with Gasteiger partial charge in [-0.1, -0.05) is 13.8 Å². The summed E-state index contributed by atoms with van der Waals surface area (Å²) in [5, 5.41) is 43.0. The van der Waals surface area contributed by atoms with E-state index in [0.717, 1.165) is 63.4 Å². The van der Waals surface area contributed by atoms with Crippen molar-refractivity contribution < 1.29 is 39.4 Å². The highest BCUT2D eigenvalue weighted by Gasteiger charge is 2.67. The lowest BCUT2D eigenvalue weighted by molar-refractivity contribution is -0.310. The van der Waals surface area contributed by atoms with E-state index < -0.39 is 36.3 Å². The molecule has 0 radical (unpaired) electrons. The molecule has 4 N–H and O–H groups in total. The molecule has 4 saturated carbocycles. The van der Waals surface area contributed by atoms with Gasteiger partial charge in [-0.3, -0.25) is 0 Å². The molecule has 1 saturated heterocycles. The van der Waals surface area contributed by atoms with Crippen molar-refractivity contribution in [2.45, 2.75) is 121 Å². The molecule has 0 unspecified atom stereocenters. The van der Waals surface area contributed by atoms with E-state index in [1.165, 1.54) is 0 Å². The second-order valence-corrected chi connectivity index (χ2v) is 13.5. The summed E-state index contributed by atoms with van der Waals surface area (Å²) >= 11 is 0. The largest absolute Gasteiger partial charge is 0.458 e. The van der Waals surface area contributed by atoms with Gasteiger partial charge in [0.25, 0.3) is 0 Å². The summed E-state index contributed by atoms with van der Waals surface area (Å²) < 4.78 is 17.2. The SMILES string of the molecule is C[C@@H]1O[C@H](O[C@H]2CC[C@@]3(C)[C@H](CC[C@H]4[C@H]3CC[C@]3(C)[C@@H](C5=CC(=O)OC5)CC[C@]43O)C2)[C@@H](O)[C@H](O)[C@H]1O. The maximum atomic E-state index is 12.4. The lowest BCUT2D eigenvalue weighted by atomic mass is 9.43. The number of cyclic esters (lactones) is 1. The van der Waals surface area contributed by atoms with Gasteiger partial charge in [-0.2, -0.15) is 0 Å². The molecule has 0 aromatic carbocycles. The first-order valence-corrected chi connectivity index (χ1v) is 14.4. The maximum Gasteiger partial charge on any atom is 0.331 e. The van der Waals surface area contributed by atoms with Crippen LogP contribution in [-0.4, -0.2) is 75.4 Å². The Balaban J connectivity index is 1.16. The number of fused-ring (bicyclic) bond motifs is 5. The minimum atomic E-state index is -1.28. The molecule has 208 valence electrons. The monoisotopic (exact) mass is 520 g/mol. The summed E-state index contributed by atoms with van der Waals surface area (Å²) in [6.45, 7) is 6.73. The highest BCUT2D eigenvalue weighted by Crippen LogP contribution is 2.70. The van der Waals surface area contributed by atoms with Crippen molar-refractivity contribution in [2.24, 2.45) is 34.5 Å². The molecule has 6 rings (SSSR count). The van der Waals surface area contributed by atoms with Gasteiger partial charge in [-0.25, -0.2) is 4.79 Å². The standard InChI is InChI=1S/C29H44O8/c1-15-23(31)24(32)25(33)26(36-15)37-18-6-9-27(2)17(13-18)4-5-21-20(27)7-10-28(3)19(8-11-29(21,28)34)16-12-22(30)35-14-16/h12,15,17-21,23-26,31-34H,4-11,13-14H2,1-3H3/t15-,17+,18-,19+,20+,21-,23-,24+,25-,26+,27-,28+,29-/m0/s1. The van der Waals surface area contributed by atoms with E-state index in [0.29, 0.717) is 18.4 Å². The van der Waals surface area contributed by atoms with E-state index in [2.05, 4.69) is 13.8 Å². The molecular formula is C29H44O8. The van der Waals surface area contributed by atoms with Crippen LogP contribution in [0.4, 0.5) is 0 Å². The van der Waals surface area contributed by atoms with Gasteiger partial charge < -0.3 is 34.6 Å². The zero-order valence-electron chi connectivity index (χ0n) is 22.3. The van der Waals surface area contributed by atoms with Crippen LogP contribution in [0, 0.1) is 34.5 Å². The second kappa shape index (κ2) is 9.00. The lowest BCUT2D eigenvalue weighted by Gasteiger charge is -2.64. The number of hydrogen-bond acceptors (Lipinski definition) is 8. The molecule has 37 heavy (non-hydrogen) atoms. The average Bonchev–Trinajstić information content (AvgIpc) is 3.41. The zero-order valence-corrected chi connectivity index (χ0v) is 22.3. The van der Waals surface area contributed by atoms with Gasteiger partial charge in [0.05, 0.1) is 17.8 Å². The third-order valence-electron chi connectivity index (χ3n) is 12.1. The van der Waals surface area contributed by atoms with E-state index in [4.69, 9.17) is 14.2 Å². The molecule has 0 aromatic rings. The van der Waals surface area contributed by atoms with E-state index >= 15 is 0 Å². The Morgan fingerprint density at radius 1 is 0.946 bits per heavy atom. The maximum absolute atomic E-state index is 12.4. The normalized spacial score (nSPS) is 55.6. The van der Waals surface area contributed by atoms with Crippen LogP contribution in [-0.2, 0) is 19.0 Å². The summed E-state index contributed by atoms with van der Waals surface area (Å²) in [5.74, 6) is 1.14. The minimum absolute atomic E-state index is 0.0661. The highest BCUT2D eigenvalue weighted by atomic mass is 16.7. The molecule has 0 spiro atoms. The van der Waals surface area contributed by atoms with Gasteiger partial charge in [0, 0.05) is 11.5 Å². The van der Waals surface area contributed by atoms with Gasteiger partial charge >= 0.3 is 5.97 Å². The number of hydrogen-bond donors (Lipinski definition) is 4. The molecule has 8 nitrogen and oxygen atoms in total. The number of ether oxygens (including phenoxy) is 3. The number of carbonyl (C=O) groups excluding carboxylic acids is 1. The first kappa shape index (κ1) is 26.2. The average molecular weight is 521 g/mol. The van der Waals surface area contributed by atoms with Gasteiger partial charge in [-0.05, 0) is 99.4 Å². The smallest absolute Gasteiger partial charge is 0.331 e. The summed E-state index contributed by atoms with van der Waals surface area (Å²) in [6.07, 6.45) is 4.88. The predicted octanol–water partition coefficient (Wildman–Crippen LogP) is 2.46. The molecule has 13 atom stereocenters. The first-order valence-electron chi connectivity index (χ1n) is 14.4. The number of aliphatic hydroxyl groups excluding tert-OH is 3. The Labute approximate surface area is 219 Å².